The van der Waals surface area contributed by atoms with Gasteiger partial charge in [0, 0.05) is 26.1 Å². The molecular formula is C16H29N3O3. The summed E-state index contributed by atoms with van der Waals surface area (Å²) in [6.45, 7) is 8.85. The van der Waals surface area contributed by atoms with Gasteiger partial charge in [-0.3, -0.25) is 0 Å². The van der Waals surface area contributed by atoms with Gasteiger partial charge < -0.3 is 19.3 Å². The molecule has 0 aliphatic carbocycles. The number of aliphatic imine (C=N–C) groups is 1. The predicted octanol–water partition coefficient (Wildman–Crippen LogP) is 2.14. The first-order chi connectivity index (χ1) is 10.8. The average Bonchev–Trinajstić information content (AvgIpc) is 2.58. The Balaban J connectivity index is 1.65. The van der Waals surface area contributed by atoms with E-state index in [1.54, 1.807) is 0 Å². The van der Waals surface area contributed by atoms with E-state index in [1.165, 1.54) is 32.4 Å². The highest BCUT2D eigenvalue weighted by Gasteiger charge is 2.15. The van der Waals surface area contributed by atoms with Crippen LogP contribution < -0.4 is 0 Å². The van der Waals surface area contributed by atoms with E-state index in [9.17, 15) is 4.79 Å². The summed E-state index contributed by atoms with van der Waals surface area (Å²) in [7, 11) is 0. The Morgan fingerprint density at radius 1 is 1.14 bits per heavy atom. The molecule has 0 N–H and O–H groups in total. The molecule has 22 heavy (non-hydrogen) atoms. The second-order valence-corrected chi connectivity index (χ2v) is 5.85. The molecule has 0 atom stereocenters. The zero-order chi connectivity index (χ0) is 15.6. The van der Waals surface area contributed by atoms with Gasteiger partial charge in [-0.1, -0.05) is 13.3 Å². The highest BCUT2D eigenvalue weighted by Crippen LogP contribution is 2.09. The van der Waals surface area contributed by atoms with Gasteiger partial charge >= 0.3 is 6.09 Å². The minimum Gasteiger partial charge on any atom is -0.448 e. The number of amidine groups is 1. The van der Waals surface area contributed by atoms with E-state index in [4.69, 9.17) is 9.47 Å². The van der Waals surface area contributed by atoms with Crippen LogP contribution >= 0.6 is 0 Å². The largest absolute Gasteiger partial charge is 0.448 e. The molecule has 0 spiro atoms. The maximum atomic E-state index is 11.8. The fraction of sp³-hybridized carbons (Fsp3) is 0.875. The monoisotopic (exact) mass is 311 g/mol. The van der Waals surface area contributed by atoms with Gasteiger partial charge in [0.05, 0.1) is 19.8 Å². The van der Waals surface area contributed by atoms with Crippen LogP contribution in [-0.4, -0.2) is 74.3 Å². The van der Waals surface area contributed by atoms with Crippen LogP contribution in [0.5, 0.6) is 0 Å². The lowest BCUT2D eigenvalue weighted by Crippen LogP contribution is -2.40. The third-order valence-corrected chi connectivity index (χ3v) is 4.21. The lowest BCUT2D eigenvalue weighted by Gasteiger charge is -2.29. The lowest BCUT2D eigenvalue weighted by atomic mass is 10.1. The first kappa shape index (κ1) is 17.2. The Labute approximate surface area is 133 Å². The van der Waals surface area contributed by atoms with Crippen molar-refractivity contribution in [1.82, 2.24) is 9.80 Å². The Bertz CT molecular complexity index is 362. The number of amides is 1. The van der Waals surface area contributed by atoms with Gasteiger partial charge in [-0.15, -0.1) is 0 Å². The molecule has 0 aromatic rings. The number of morpholine rings is 1. The van der Waals surface area contributed by atoms with Gasteiger partial charge in [-0.05, 0) is 32.4 Å². The number of ether oxygens (including phenoxy) is 2. The van der Waals surface area contributed by atoms with Crippen LogP contribution in [0.1, 0.15) is 39.0 Å². The Morgan fingerprint density at radius 3 is 2.55 bits per heavy atom. The minimum absolute atomic E-state index is 0.456. The highest BCUT2D eigenvalue weighted by molar-refractivity contribution is 5.91. The summed E-state index contributed by atoms with van der Waals surface area (Å²) in [6.07, 6.45) is 5.11. The van der Waals surface area contributed by atoms with E-state index in [-0.39, 0.29) is 0 Å². The molecule has 0 aromatic carbocycles. The molecule has 2 heterocycles. The van der Waals surface area contributed by atoms with Crippen molar-refractivity contribution >= 4 is 11.9 Å². The van der Waals surface area contributed by atoms with Crippen molar-refractivity contribution in [3.8, 4) is 0 Å². The van der Waals surface area contributed by atoms with E-state index in [1.807, 2.05) is 6.92 Å². The van der Waals surface area contributed by atoms with E-state index in [0.717, 1.165) is 38.3 Å². The van der Waals surface area contributed by atoms with Crippen molar-refractivity contribution in [1.29, 1.82) is 0 Å². The van der Waals surface area contributed by atoms with E-state index in [0.29, 0.717) is 19.8 Å². The number of hydrogen-bond donors (Lipinski definition) is 0. The quantitative estimate of drug-likeness (QED) is 0.442. The molecule has 0 radical (unpaired) electrons. The molecule has 0 aromatic heterocycles. The Hall–Kier alpha value is -1.14. The number of rotatable bonds is 5. The molecule has 6 nitrogen and oxygen atoms in total. The van der Waals surface area contributed by atoms with Gasteiger partial charge in [-0.2, -0.15) is 4.99 Å². The number of hydrogen-bond acceptors (Lipinski definition) is 4. The molecule has 0 bridgehead atoms. The Kier molecular flexibility index (Phi) is 7.66. The molecule has 2 aliphatic rings. The third kappa shape index (κ3) is 5.93. The van der Waals surface area contributed by atoms with Crippen LogP contribution in [-0.2, 0) is 9.47 Å². The SMILES string of the molecule is CCC(=NC(=O)OCCCN1CCCCC1)N1CCOCC1. The van der Waals surface area contributed by atoms with Crippen molar-refractivity contribution in [3.05, 3.63) is 0 Å². The molecule has 2 fully saturated rings. The van der Waals surface area contributed by atoms with E-state index >= 15 is 0 Å². The molecule has 0 saturated carbocycles. The van der Waals surface area contributed by atoms with Crippen LogP contribution in [0.3, 0.4) is 0 Å². The van der Waals surface area contributed by atoms with E-state index < -0.39 is 6.09 Å². The Morgan fingerprint density at radius 2 is 1.86 bits per heavy atom. The minimum atomic E-state index is -0.456. The summed E-state index contributed by atoms with van der Waals surface area (Å²) in [6, 6.07) is 0. The van der Waals surface area contributed by atoms with Gasteiger partial charge in [0.25, 0.3) is 0 Å². The first-order valence-corrected chi connectivity index (χ1v) is 8.59. The molecular weight excluding hydrogens is 282 g/mol. The molecule has 2 rings (SSSR count). The summed E-state index contributed by atoms with van der Waals surface area (Å²) >= 11 is 0. The molecule has 2 saturated heterocycles. The summed E-state index contributed by atoms with van der Waals surface area (Å²) in [5, 5.41) is 0. The maximum absolute atomic E-state index is 11.8. The van der Waals surface area contributed by atoms with Crippen molar-refractivity contribution in [2.24, 2.45) is 4.99 Å². The summed E-state index contributed by atoms with van der Waals surface area (Å²) in [5.41, 5.74) is 0. The second kappa shape index (κ2) is 9.79. The van der Waals surface area contributed by atoms with Crippen LogP contribution in [0, 0.1) is 0 Å². The highest BCUT2D eigenvalue weighted by atomic mass is 16.5. The molecule has 0 unspecified atom stereocenters. The summed E-state index contributed by atoms with van der Waals surface area (Å²) in [5.74, 6) is 0.810. The maximum Gasteiger partial charge on any atom is 0.435 e. The summed E-state index contributed by atoms with van der Waals surface area (Å²) in [4.78, 5) is 20.5. The molecule has 1 amide bonds. The average molecular weight is 311 g/mol. The zero-order valence-corrected chi connectivity index (χ0v) is 13.8. The predicted molar refractivity (Wildman–Crippen MR) is 86.4 cm³/mol. The zero-order valence-electron chi connectivity index (χ0n) is 13.8. The standard InChI is InChI=1S/C16H29N3O3/c1-2-15(19-10-13-21-14-11-19)17-16(20)22-12-6-9-18-7-4-3-5-8-18/h2-14H2,1H3. The van der Waals surface area contributed by atoms with Crippen LogP contribution in [0.15, 0.2) is 4.99 Å². The summed E-state index contributed by atoms with van der Waals surface area (Å²) < 4.78 is 10.6. The topological polar surface area (TPSA) is 54.4 Å². The van der Waals surface area contributed by atoms with Crippen molar-refractivity contribution in [2.45, 2.75) is 39.0 Å². The smallest absolute Gasteiger partial charge is 0.435 e. The van der Waals surface area contributed by atoms with Gasteiger partial charge in [0.15, 0.2) is 0 Å². The number of carbonyl (C=O) groups excluding carboxylic acids is 1. The second-order valence-electron chi connectivity index (χ2n) is 5.85. The van der Waals surface area contributed by atoms with E-state index in [2.05, 4.69) is 14.8 Å². The van der Waals surface area contributed by atoms with Crippen LogP contribution in [0.4, 0.5) is 4.79 Å². The molecule has 6 heteroatoms. The third-order valence-electron chi connectivity index (χ3n) is 4.21. The fourth-order valence-corrected chi connectivity index (χ4v) is 2.96. The normalized spacial score (nSPS) is 21.0. The van der Waals surface area contributed by atoms with Crippen molar-refractivity contribution in [2.75, 3.05) is 52.5 Å². The van der Waals surface area contributed by atoms with Crippen molar-refractivity contribution < 1.29 is 14.3 Å². The molecule has 2 aliphatic heterocycles. The van der Waals surface area contributed by atoms with Gasteiger partial charge in [0.1, 0.15) is 5.84 Å². The number of nitrogens with zero attached hydrogens (tertiary/aromatic N) is 3. The number of likely N-dealkylation sites (tertiary alicyclic amines) is 1. The first-order valence-electron chi connectivity index (χ1n) is 8.59. The lowest BCUT2D eigenvalue weighted by molar-refractivity contribution is 0.0670. The van der Waals surface area contributed by atoms with Crippen LogP contribution in [0.2, 0.25) is 0 Å². The van der Waals surface area contributed by atoms with Crippen molar-refractivity contribution in [3.63, 3.8) is 0 Å². The van der Waals surface area contributed by atoms with Gasteiger partial charge in [-0.25, -0.2) is 4.79 Å². The fourth-order valence-electron chi connectivity index (χ4n) is 2.96. The van der Waals surface area contributed by atoms with Crippen LogP contribution in [0.25, 0.3) is 0 Å². The molecule has 126 valence electrons. The number of carbonyl (C=O) groups is 1. The number of piperidine rings is 1. The van der Waals surface area contributed by atoms with Gasteiger partial charge in [0.2, 0.25) is 0 Å².